The summed E-state index contributed by atoms with van der Waals surface area (Å²) >= 11 is 0. The van der Waals surface area contributed by atoms with E-state index >= 15 is 0 Å². The van der Waals surface area contributed by atoms with Gasteiger partial charge in [0, 0.05) is 17.2 Å². The molecule has 0 spiro atoms. The van der Waals surface area contributed by atoms with Crippen LogP contribution in [0.1, 0.15) is 11.1 Å². The van der Waals surface area contributed by atoms with Gasteiger partial charge >= 0.3 is 0 Å². The van der Waals surface area contributed by atoms with Crippen LogP contribution in [-0.2, 0) is 13.1 Å². The van der Waals surface area contributed by atoms with Crippen molar-refractivity contribution < 1.29 is 19.3 Å². The Bertz CT molecular complexity index is 592. The van der Waals surface area contributed by atoms with E-state index in [-0.39, 0.29) is 0 Å². The lowest BCUT2D eigenvalue weighted by molar-refractivity contribution is -0.960. The number of nitrogens with one attached hydrogen (secondary N) is 2. The van der Waals surface area contributed by atoms with Crippen LogP contribution in [-0.4, -0.2) is 41.4 Å². The van der Waals surface area contributed by atoms with Crippen molar-refractivity contribution in [1.82, 2.24) is 0 Å². The second-order valence-electron chi connectivity index (χ2n) is 6.52. The zero-order valence-electron chi connectivity index (χ0n) is 15.3. The van der Waals surface area contributed by atoms with E-state index in [1.165, 1.54) is 20.9 Å². The first-order chi connectivity index (χ1) is 11.6. The van der Waals surface area contributed by atoms with Crippen LogP contribution in [0.5, 0.6) is 11.5 Å². The lowest BCUT2D eigenvalue weighted by Crippen LogP contribution is -3.16. The summed E-state index contributed by atoms with van der Waals surface area (Å²) in [5.74, 6) is 1.70. The van der Waals surface area contributed by atoms with Gasteiger partial charge in [0.15, 0.2) is 0 Å². The third kappa shape index (κ3) is 5.87. The average molecular weight is 330 g/mol. The Morgan fingerprint density at radius 2 is 1.33 bits per heavy atom. The normalized spacial score (nSPS) is 12.2. The van der Waals surface area contributed by atoms with Gasteiger partial charge in [-0.05, 0) is 12.1 Å². The SMILES string of the molecule is COc1cc(C[NH+](CC[NH+](C)C)Cc2ccccc2)cc(OC)c1. The summed E-state index contributed by atoms with van der Waals surface area (Å²) in [5, 5.41) is 0. The molecule has 130 valence electrons. The van der Waals surface area contributed by atoms with Gasteiger partial charge in [0.25, 0.3) is 0 Å². The summed E-state index contributed by atoms with van der Waals surface area (Å²) in [7, 11) is 7.80. The highest BCUT2D eigenvalue weighted by Gasteiger charge is 2.14. The molecule has 2 N–H and O–H groups in total. The largest absolute Gasteiger partial charge is 0.497 e. The molecule has 4 nitrogen and oxygen atoms in total. The molecule has 2 rings (SSSR count). The molecular weight excluding hydrogens is 300 g/mol. The van der Waals surface area contributed by atoms with Crippen LogP contribution < -0.4 is 19.3 Å². The fourth-order valence-corrected chi connectivity index (χ4v) is 2.81. The second-order valence-corrected chi connectivity index (χ2v) is 6.52. The molecule has 0 aliphatic heterocycles. The maximum absolute atomic E-state index is 5.40. The van der Waals surface area contributed by atoms with Gasteiger partial charge < -0.3 is 19.3 Å². The molecule has 0 saturated heterocycles. The molecule has 4 heteroatoms. The van der Waals surface area contributed by atoms with Gasteiger partial charge in [-0.15, -0.1) is 0 Å². The Hall–Kier alpha value is -2.04. The van der Waals surface area contributed by atoms with Crippen molar-refractivity contribution in [2.75, 3.05) is 41.4 Å². The topological polar surface area (TPSA) is 27.3 Å². The van der Waals surface area contributed by atoms with E-state index in [1.54, 1.807) is 14.2 Å². The summed E-state index contributed by atoms with van der Waals surface area (Å²) in [5.41, 5.74) is 2.61. The monoisotopic (exact) mass is 330 g/mol. The first kappa shape index (κ1) is 18.3. The molecule has 1 unspecified atom stereocenters. The highest BCUT2D eigenvalue weighted by atomic mass is 16.5. The van der Waals surface area contributed by atoms with Crippen LogP contribution in [0.3, 0.4) is 0 Å². The number of ether oxygens (including phenoxy) is 2. The number of hydrogen-bond acceptors (Lipinski definition) is 2. The molecule has 0 aliphatic rings. The minimum Gasteiger partial charge on any atom is -0.497 e. The maximum Gasteiger partial charge on any atom is 0.127 e. The summed E-state index contributed by atoms with van der Waals surface area (Å²) < 4.78 is 10.8. The molecule has 0 fully saturated rings. The number of benzene rings is 2. The third-order valence-corrected chi connectivity index (χ3v) is 4.14. The van der Waals surface area contributed by atoms with Gasteiger partial charge in [-0.25, -0.2) is 0 Å². The van der Waals surface area contributed by atoms with E-state index in [2.05, 4.69) is 56.6 Å². The van der Waals surface area contributed by atoms with Crippen LogP contribution in [0.4, 0.5) is 0 Å². The number of rotatable bonds is 9. The molecule has 0 bridgehead atoms. The molecule has 0 aliphatic carbocycles. The van der Waals surface area contributed by atoms with Crippen molar-refractivity contribution in [2.45, 2.75) is 13.1 Å². The lowest BCUT2D eigenvalue weighted by Gasteiger charge is -2.21. The molecule has 1 atom stereocenters. The number of hydrogen-bond donors (Lipinski definition) is 2. The van der Waals surface area contributed by atoms with Crippen LogP contribution >= 0.6 is 0 Å². The van der Waals surface area contributed by atoms with Crippen molar-refractivity contribution in [3.05, 3.63) is 59.7 Å². The van der Waals surface area contributed by atoms with E-state index in [4.69, 9.17) is 9.47 Å². The van der Waals surface area contributed by atoms with Crippen molar-refractivity contribution in [3.63, 3.8) is 0 Å². The average Bonchev–Trinajstić information content (AvgIpc) is 2.60. The lowest BCUT2D eigenvalue weighted by atomic mass is 10.1. The van der Waals surface area contributed by atoms with Crippen molar-refractivity contribution in [1.29, 1.82) is 0 Å². The Kier molecular flexibility index (Phi) is 7.09. The molecule has 0 saturated carbocycles. The van der Waals surface area contributed by atoms with E-state index in [0.717, 1.165) is 37.7 Å². The first-order valence-electron chi connectivity index (χ1n) is 8.49. The molecule has 2 aromatic carbocycles. The van der Waals surface area contributed by atoms with Gasteiger partial charge in [0.2, 0.25) is 0 Å². The van der Waals surface area contributed by atoms with Gasteiger partial charge in [0.05, 0.1) is 28.3 Å². The summed E-state index contributed by atoms with van der Waals surface area (Å²) in [4.78, 5) is 3.02. The van der Waals surface area contributed by atoms with Crippen molar-refractivity contribution >= 4 is 0 Å². The van der Waals surface area contributed by atoms with Crippen molar-refractivity contribution in [2.24, 2.45) is 0 Å². The molecule has 24 heavy (non-hydrogen) atoms. The highest BCUT2D eigenvalue weighted by molar-refractivity contribution is 5.38. The van der Waals surface area contributed by atoms with E-state index in [9.17, 15) is 0 Å². The second kappa shape index (κ2) is 9.30. The molecule has 2 aromatic rings. The zero-order chi connectivity index (χ0) is 17.4. The fourth-order valence-electron chi connectivity index (χ4n) is 2.81. The standard InChI is InChI=1S/C20H28N2O2/c1-21(2)10-11-22(15-17-8-6-5-7-9-17)16-18-12-19(23-3)14-20(13-18)24-4/h5-9,12-14H,10-11,15-16H2,1-4H3/p+2. The van der Waals surface area contributed by atoms with Gasteiger partial charge in [0.1, 0.15) is 37.7 Å². The Labute approximate surface area is 145 Å². The minimum atomic E-state index is 0.849. The van der Waals surface area contributed by atoms with Crippen LogP contribution in [0.25, 0.3) is 0 Å². The molecule has 0 aromatic heterocycles. The van der Waals surface area contributed by atoms with E-state index in [1.807, 2.05) is 6.07 Å². The van der Waals surface area contributed by atoms with Gasteiger partial charge in [-0.2, -0.15) is 0 Å². The zero-order valence-corrected chi connectivity index (χ0v) is 15.3. The Morgan fingerprint density at radius 1 is 0.750 bits per heavy atom. The smallest absolute Gasteiger partial charge is 0.127 e. The number of quaternary nitrogens is 2. The van der Waals surface area contributed by atoms with Gasteiger partial charge in [-0.1, -0.05) is 30.3 Å². The quantitative estimate of drug-likeness (QED) is 0.698. The van der Waals surface area contributed by atoms with Crippen LogP contribution in [0.2, 0.25) is 0 Å². The van der Waals surface area contributed by atoms with Crippen LogP contribution in [0, 0.1) is 0 Å². The molecular formula is C20H30N2O2+2. The molecule has 0 amide bonds. The predicted molar refractivity (Wildman–Crippen MR) is 96.9 cm³/mol. The third-order valence-electron chi connectivity index (χ3n) is 4.14. The van der Waals surface area contributed by atoms with Crippen LogP contribution in [0.15, 0.2) is 48.5 Å². The molecule has 0 heterocycles. The number of likely N-dealkylation sites (N-methyl/N-ethyl adjacent to an activating group) is 1. The predicted octanol–water partition coefficient (Wildman–Crippen LogP) is 0.433. The molecule has 0 radical (unpaired) electrons. The van der Waals surface area contributed by atoms with Gasteiger partial charge in [-0.3, -0.25) is 0 Å². The Balaban J connectivity index is 2.14. The first-order valence-corrected chi connectivity index (χ1v) is 8.49. The minimum absolute atomic E-state index is 0.849. The summed E-state index contributed by atoms with van der Waals surface area (Å²) in [6, 6.07) is 16.8. The van der Waals surface area contributed by atoms with Crippen molar-refractivity contribution in [3.8, 4) is 11.5 Å². The highest BCUT2D eigenvalue weighted by Crippen LogP contribution is 2.21. The van der Waals surface area contributed by atoms with E-state index < -0.39 is 0 Å². The van der Waals surface area contributed by atoms with E-state index in [0.29, 0.717) is 0 Å². The Morgan fingerprint density at radius 3 is 1.88 bits per heavy atom. The summed E-state index contributed by atoms with van der Waals surface area (Å²) in [6.45, 7) is 4.24. The number of methoxy groups -OCH3 is 2. The summed E-state index contributed by atoms with van der Waals surface area (Å²) in [6.07, 6.45) is 0. The fraction of sp³-hybridized carbons (Fsp3) is 0.400. The maximum atomic E-state index is 5.40.